The first-order valence-electron chi connectivity index (χ1n) is 5.35. The summed E-state index contributed by atoms with van der Waals surface area (Å²) in [5, 5.41) is 14.4. The van der Waals surface area contributed by atoms with E-state index in [-0.39, 0.29) is 18.5 Å². The topological polar surface area (TPSA) is 78.4 Å². The summed E-state index contributed by atoms with van der Waals surface area (Å²) >= 11 is 0. The second kappa shape index (κ2) is 5.70. The second-order valence-corrected chi connectivity index (χ2v) is 3.99. The van der Waals surface area contributed by atoms with Crippen molar-refractivity contribution in [3.8, 4) is 0 Å². The number of hydrogen-bond donors (Lipinski definition) is 3. The predicted octanol–water partition coefficient (Wildman–Crippen LogP) is -0.0346. The SMILES string of the molecule is CC(CNC(=O)[C@H]1CCCCN1)C(=O)O. The highest BCUT2D eigenvalue weighted by Crippen LogP contribution is 2.06. The highest BCUT2D eigenvalue weighted by Gasteiger charge is 2.21. The molecule has 1 aliphatic rings. The Kier molecular flexibility index (Phi) is 4.55. The van der Waals surface area contributed by atoms with Gasteiger partial charge in [0.1, 0.15) is 0 Å². The molecule has 0 aromatic rings. The lowest BCUT2D eigenvalue weighted by molar-refractivity contribution is -0.141. The maximum Gasteiger partial charge on any atom is 0.308 e. The molecule has 1 fully saturated rings. The summed E-state index contributed by atoms with van der Waals surface area (Å²) in [5.74, 6) is -1.49. The van der Waals surface area contributed by atoms with Crippen LogP contribution in [0.15, 0.2) is 0 Å². The fourth-order valence-electron chi connectivity index (χ4n) is 1.54. The van der Waals surface area contributed by atoms with Crippen molar-refractivity contribution in [3.63, 3.8) is 0 Å². The van der Waals surface area contributed by atoms with Crippen LogP contribution in [0.2, 0.25) is 0 Å². The third-order valence-electron chi connectivity index (χ3n) is 2.63. The summed E-state index contributed by atoms with van der Waals surface area (Å²) in [5.41, 5.74) is 0. The zero-order valence-corrected chi connectivity index (χ0v) is 8.95. The molecule has 3 N–H and O–H groups in total. The lowest BCUT2D eigenvalue weighted by atomic mass is 10.0. The number of hydrogen-bond acceptors (Lipinski definition) is 3. The maximum absolute atomic E-state index is 11.6. The number of piperidine rings is 1. The van der Waals surface area contributed by atoms with Gasteiger partial charge in [0.25, 0.3) is 0 Å². The minimum atomic E-state index is -0.882. The molecule has 1 amide bonds. The van der Waals surface area contributed by atoms with Gasteiger partial charge in [0.2, 0.25) is 5.91 Å². The molecule has 0 spiro atoms. The third kappa shape index (κ3) is 3.87. The Labute approximate surface area is 89.2 Å². The van der Waals surface area contributed by atoms with Crippen LogP contribution in [-0.2, 0) is 9.59 Å². The molecule has 0 aromatic heterocycles. The molecule has 0 aliphatic carbocycles. The average molecular weight is 214 g/mol. The summed E-state index contributed by atoms with van der Waals surface area (Å²) in [6.07, 6.45) is 3.00. The Morgan fingerprint density at radius 3 is 2.80 bits per heavy atom. The van der Waals surface area contributed by atoms with Gasteiger partial charge in [0.15, 0.2) is 0 Å². The number of nitrogens with one attached hydrogen (secondary N) is 2. The summed E-state index contributed by atoms with van der Waals surface area (Å²) in [7, 11) is 0. The van der Waals surface area contributed by atoms with Gasteiger partial charge in [-0.2, -0.15) is 0 Å². The Morgan fingerprint density at radius 1 is 1.53 bits per heavy atom. The molecule has 0 saturated carbocycles. The smallest absolute Gasteiger partial charge is 0.308 e. The third-order valence-corrected chi connectivity index (χ3v) is 2.63. The van der Waals surface area contributed by atoms with Crippen LogP contribution >= 0.6 is 0 Å². The van der Waals surface area contributed by atoms with Gasteiger partial charge in [-0.15, -0.1) is 0 Å². The van der Waals surface area contributed by atoms with Crippen LogP contribution in [0, 0.1) is 5.92 Å². The van der Waals surface area contributed by atoms with E-state index in [4.69, 9.17) is 5.11 Å². The van der Waals surface area contributed by atoms with Crippen LogP contribution in [0.1, 0.15) is 26.2 Å². The van der Waals surface area contributed by atoms with E-state index in [1.165, 1.54) is 0 Å². The largest absolute Gasteiger partial charge is 0.481 e. The normalized spacial score (nSPS) is 23.1. The number of amides is 1. The Bertz CT molecular complexity index is 237. The average Bonchev–Trinajstić information content (AvgIpc) is 2.26. The van der Waals surface area contributed by atoms with E-state index in [1.807, 2.05) is 0 Å². The molecule has 2 atom stereocenters. The first-order valence-corrected chi connectivity index (χ1v) is 5.35. The number of carboxylic acid groups (broad SMARTS) is 1. The van der Waals surface area contributed by atoms with Gasteiger partial charge < -0.3 is 15.7 Å². The standard InChI is InChI=1S/C10H18N2O3/c1-7(10(14)15)6-12-9(13)8-4-2-3-5-11-8/h7-8,11H,2-6H2,1H3,(H,12,13)(H,14,15)/t7?,8-/m1/s1. The lowest BCUT2D eigenvalue weighted by Crippen LogP contribution is -2.47. The van der Waals surface area contributed by atoms with E-state index in [2.05, 4.69) is 10.6 Å². The maximum atomic E-state index is 11.6. The highest BCUT2D eigenvalue weighted by molar-refractivity contribution is 5.82. The van der Waals surface area contributed by atoms with Crippen LogP contribution < -0.4 is 10.6 Å². The van der Waals surface area contributed by atoms with Crippen LogP contribution in [-0.4, -0.2) is 36.1 Å². The van der Waals surface area contributed by atoms with Crippen molar-refractivity contribution in [2.45, 2.75) is 32.2 Å². The molecule has 1 heterocycles. The van der Waals surface area contributed by atoms with Crippen molar-refractivity contribution < 1.29 is 14.7 Å². The number of aliphatic carboxylic acids is 1. The molecule has 0 aromatic carbocycles. The Morgan fingerprint density at radius 2 is 2.27 bits per heavy atom. The van der Waals surface area contributed by atoms with Gasteiger partial charge in [0.05, 0.1) is 12.0 Å². The molecular weight excluding hydrogens is 196 g/mol. The van der Waals surface area contributed by atoms with Crippen molar-refractivity contribution in [2.75, 3.05) is 13.1 Å². The van der Waals surface area contributed by atoms with Crippen LogP contribution in [0.5, 0.6) is 0 Å². The van der Waals surface area contributed by atoms with Gasteiger partial charge in [-0.1, -0.05) is 13.3 Å². The van der Waals surface area contributed by atoms with E-state index < -0.39 is 11.9 Å². The molecule has 5 heteroatoms. The van der Waals surface area contributed by atoms with E-state index in [0.29, 0.717) is 0 Å². The minimum absolute atomic E-state index is 0.0807. The van der Waals surface area contributed by atoms with E-state index >= 15 is 0 Å². The zero-order valence-electron chi connectivity index (χ0n) is 8.95. The highest BCUT2D eigenvalue weighted by atomic mass is 16.4. The van der Waals surface area contributed by atoms with Crippen molar-refractivity contribution in [1.29, 1.82) is 0 Å². The van der Waals surface area contributed by atoms with Gasteiger partial charge in [-0.05, 0) is 19.4 Å². The molecule has 15 heavy (non-hydrogen) atoms. The number of carbonyl (C=O) groups is 2. The quantitative estimate of drug-likeness (QED) is 0.614. The molecule has 0 radical (unpaired) electrons. The Balaban J connectivity index is 2.25. The Hall–Kier alpha value is -1.10. The van der Waals surface area contributed by atoms with Gasteiger partial charge >= 0.3 is 5.97 Å². The molecular formula is C10H18N2O3. The number of carboxylic acids is 1. The van der Waals surface area contributed by atoms with E-state index in [1.54, 1.807) is 6.92 Å². The monoisotopic (exact) mass is 214 g/mol. The molecule has 1 saturated heterocycles. The van der Waals surface area contributed by atoms with Gasteiger partial charge in [0, 0.05) is 6.54 Å². The van der Waals surface area contributed by atoms with Crippen molar-refractivity contribution in [1.82, 2.24) is 10.6 Å². The van der Waals surface area contributed by atoms with E-state index in [0.717, 1.165) is 25.8 Å². The van der Waals surface area contributed by atoms with Gasteiger partial charge in [-0.3, -0.25) is 9.59 Å². The van der Waals surface area contributed by atoms with Crippen LogP contribution in [0.4, 0.5) is 0 Å². The summed E-state index contributed by atoms with van der Waals surface area (Å²) in [4.78, 5) is 22.1. The first-order chi connectivity index (χ1) is 7.11. The fraction of sp³-hybridized carbons (Fsp3) is 0.800. The molecule has 5 nitrogen and oxygen atoms in total. The zero-order chi connectivity index (χ0) is 11.3. The number of rotatable bonds is 4. The molecule has 0 bridgehead atoms. The molecule has 86 valence electrons. The van der Waals surface area contributed by atoms with Crippen LogP contribution in [0.3, 0.4) is 0 Å². The summed E-state index contributed by atoms with van der Waals surface area (Å²) in [6.45, 7) is 2.65. The van der Waals surface area contributed by atoms with Crippen molar-refractivity contribution in [3.05, 3.63) is 0 Å². The van der Waals surface area contributed by atoms with E-state index in [9.17, 15) is 9.59 Å². The first kappa shape index (κ1) is 12.0. The predicted molar refractivity (Wildman–Crippen MR) is 55.5 cm³/mol. The van der Waals surface area contributed by atoms with Gasteiger partial charge in [-0.25, -0.2) is 0 Å². The fourth-order valence-corrected chi connectivity index (χ4v) is 1.54. The van der Waals surface area contributed by atoms with Crippen molar-refractivity contribution >= 4 is 11.9 Å². The van der Waals surface area contributed by atoms with Crippen molar-refractivity contribution in [2.24, 2.45) is 5.92 Å². The lowest BCUT2D eigenvalue weighted by Gasteiger charge is -2.22. The molecule has 1 unspecified atom stereocenters. The second-order valence-electron chi connectivity index (χ2n) is 3.99. The number of carbonyl (C=O) groups excluding carboxylic acids is 1. The van der Waals surface area contributed by atoms with Crippen LogP contribution in [0.25, 0.3) is 0 Å². The summed E-state index contributed by atoms with van der Waals surface area (Å²) in [6, 6.07) is -0.139. The summed E-state index contributed by atoms with van der Waals surface area (Å²) < 4.78 is 0. The minimum Gasteiger partial charge on any atom is -0.481 e. The molecule has 1 aliphatic heterocycles. The molecule has 1 rings (SSSR count).